The van der Waals surface area contributed by atoms with E-state index in [2.05, 4.69) is 36.4 Å². The van der Waals surface area contributed by atoms with Gasteiger partial charge in [-0.05, 0) is 52.0 Å². The molecule has 2 nitrogen and oxygen atoms in total. The fourth-order valence-electron chi connectivity index (χ4n) is 1.33. The summed E-state index contributed by atoms with van der Waals surface area (Å²) in [6.45, 7) is 4.34. The molecule has 2 N–H and O–H groups in total. The van der Waals surface area contributed by atoms with Crippen molar-refractivity contribution < 1.29 is 10.0 Å². The summed E-state index contributed by atoms with van der Waals surface area (Å²) in [7, 11) is -1.36. The first-order valence-corrected chi connectivity index (χ1v) is 5.73. The second-order valence-electron chi connectivity index (χ2n) is 3.82. The van der Waals surface area contributed by atoms with Crippen molar-refractivity contribution in [2.45, 2.75) is 20.3 Å². The Kier molecular flexibility index (Phi) is 4.41. The van der Waals surface area contributed by atoms with Crippen LogP contribution in [0, 0.1) is 9.49 Å². The highest BCUT2D eigenvalue weighted by Crippen LogP contribution is 2.14. The zero-order valence-corrected chi connectivity index (χ0v) is 10.5. The van der Waals surface area contributed by atoms with Crippen molar-refractivity contribution in [3.63, 3.8) is 0 Å². The van der Waals surface area contributed by atoms with Crippen LogP contribution in [0.4, 0.5) is 0 Å². The van der Waals surface area contributed by atoms with Crippen LogP contribution in [0.3, 0.4) is 0 Å². The van der Waals surface area contributed by atoms with Crippen LogP contribution in [-0.4, -0.2) is 17.2 Å². The lowest BCUT2D eigenvalue weighted by Crippen LogP contribution is -2.30. The van der Waals surface area contributed by atoms with Gasteiger partial charge in [0.2, 0.25) is 0 Å². The van der Waals surface area contributed by atoms with Crippen LogP contribution in [0.2, 0.25) is 0 Å². The molecule has 0 aliphatic rings. The standard InChI is InChI=1S/C10H14BIO2/c1-7(2)5-8-3-4-9(11(13)14)6-10(8)12/h3-4,6-7,13-14H,5H2,1-2H3. The molecule has 76 valence electrons. The van der Waals surface area contributed by atoms with Gasteiger partial charge in [-0.3, -0.25) is 0 Å². The van der Waals surface area contributed by atoms with E-state index in [1.54, 1.807) is 6.07 Å². The van der Waals surface area contributed by atoms with Gasteiger partial charge in [0.15, 0.2) is 0 Å². The van der Waals surface area contributed by atoms with Gasteiger partial charge in [-0.15, -0.1) is 0 Å². The summed E-state index contributed by atoms with van der Waals surface area (Å²) in [6.07, 6.45) is 1.03. The number of hydrogen-bond donors (Lipinski definition) is 2. The highest BCUT2D eigenvalue weighted by molar-refractivity contribution is 14.1. The van der Waals surface area contributed by atoms with Gasteiger partial charge in [0.1, 0.15) is 0 Å². The van der Waals surface area contributed by atoms with Crippen LogP contribution in [0.1, 0.15) is 19.4 Å². The Morgan fingerprint density at radius 1 is 1.36 bits per heavy atom. The molecule has 0 bridgehead atoms. The third kappa shape index (κ3) is 3.26. The summed E-state index contributed by atoms with van der Waals surface area (Å²) in [5, 5.41) is 17.9. The molecule has 0 saturated carbocycles. The van der Waals surface area contributed by atoms with Gasteiger partial charge in [0.25, 0.3) is 0 Å². The van der Waals surface area contributed by atoms with Crippen molar-refractivity contribution in [3.8, 4) is 0 Å². The Labute approximate surface area is 98.6 Å². The maximum absolute atomic E-state index is 8.97. The first-order valence-electron chi connectivity index (χ1n) is 4.65. The second-order valence-corrected chi connectivity index (χ2v) is 4.98. The molecule has 0 fully saturated rings. The molecule has 0 spiro atoms. The molecule has 1 aromatic rings. The lowest BCUT2D eigenvalue weighted by Gasteiger charge is -2.09. The van der Waals surface area contributed by atoms with Crippen molar-refractivity contribution in [1.82, 2.24) is 0 Å². The molecule has 0 atom stereocenters. The Balaban J connectivity index is 2.90. The Bertz CT molecular complexity index is 313. The van der Waals surface area contributed by atoms with Crippen molar-refractivity contribution in [2.24, 2.45) is 5.92 Å². The SMILES string of the molecule is CC(C)Cc1ccc(B(O)O)cc1I. The minimum Gasteiger partial charge on any atom is -0.423 e. The van der Waals surface area contributed by atoms with Crippen LogP contribution in [0.15, 0.2) is 18.2 Å². The van der Waals surface area contributed by atoms with E-state index in [1.807, 2.05) is 12.1 Å². The van der Waals surface area contributed by atoms with E-state index in [9.17, 15) is 0 Å². The summed E-state index contributed by atoms with van der Waals surface area (Å²) in [5.41, 5.74) is 1.83. The lowest BCUT2D eigenvalue weighted by atomic mass is 9.80. The molecule has 0 unspecified atom stereocenters. The van der Waals surface area contributed by atoms with Crippen molar-refractivity contribution in [1.29, 1.82) is 0 Å². The quantitative estimate of drug-likeness (QED) is 0.650. The molecule has 0 amide bonds. The van der Waals surface area contributed by atoms with Gasteiger partial charge in [-0.25, -0.2) is 0 Å². The molecule has 0 heterocycles. The average molecular weight is 304 g/mol. The van der Waals surface area contributed by atoms with Crippen LogP contribution in [0.5, 0.6) is 0 Å². The second kappa shape index (κ2) is 5.14. The van der Waals surface area contributed by atoms with Crippen molar-refractivity contribution in [3.05, 3.63) is 27.3 Å². The summed E-state index contributed by atoms with van der Waals surface area (Å²) >= 11 is 2.23. The van der Waals surface area contributed by atoms with Crippen molar-refractivity contribution >= 4 is 35.2 Å². The van der Waals surface area contributed by atoms with Gasteiger partial charge in [-0.2, -0.15) is 0 Å². The third-order valence-electron chi connectivity index (χ3n) is 2.00. The van der Waals surface area contributed by atoms with E-state index in [0.717, 1.165) is 9.99 Å². The lowest BCUT2D eigenvalue weighted by molar-refractivity contribution is 0.425. The maximum atomic E-state index is 8.97. The van der Waals surface area contributed by atoms with E-state index >= 15 is 0 Å². The van der Waals surface area contributed by atoms with Gasteiger partial charge in [0, 0.05) is 3.57 Å². The van der Waals surface area contributed by atoms with Crippen LogP contribution in [0.25, 0.3) is 0 Å². The fraction of sp³-hybridized carbons (Fsp3) is 0.400. The van der Waals surface area contributed by atoms with Gasteiger partial charge in [0.05, 0.1) is 0 Å². The number of halogens is 1. The fourth-order valence-corrected chi connectivity index (χ4v) is 2.09. The average Bonchev–Trinajstić information content (AvgIpc) is 2.07. The maximum Gasteiger partial charge on any atom is 0.488 e. The number of rotatable bonds is 3. The highest BCUT2D eigenvalue weighted by atomic mass is 127. The van der Waals surface area contributed by atoms with Crippen LogP contribution >= 0.6 is 22.6 Å². The molecule has 1 aromatic carbocycles. The highest BCUT2D eigenvalue weighted by Gasteiger charge is 2.12. The van der Waals surface area contributed by atoms with Crippen LogP contribution in [-0.2, 0) is 6.42 Å². The van der Waals surface area contributed by atoms with Gasteiger partial charge in [-0.1, -0.05) is 26.0 Å². The minimum atomic E-state index is -1.36. The molecule has 14 heavy (non-hydrogen) atoms. The zero-order valence-electron chi connectivity index (χ0n) is 8.37. The molecule has 0 aromatic heterocycles. The Morgan fingerprint density at radius 3 is 2.43 bits per heavy atom. The number of benzene rings is 1. The largest absolute Gasteiger partial charge is 0.488 e. The molecule has 0 saturated heterocycles. The van der Waals surface area contributed by atoms with E-state index in [4.69, 9.17) is 10.0 Å². The van der Waals surface area contributed by atoms with E-state index in [0.29, 0.717) is 11.4 Å². The van der Waals surface area contributed by atoms with Gasteiger partial charge < -0.3 is 10.0 Å². The van der Waals surface area contributed by atoms with E-state index < -0.39 is 7.12 Å². The van der Waals surface area contributed by atoms with E-state index in [-0.39, 0.29) is 0 Å². The Hall–Kier alpha value is -0.0651. The van der Waals surface area contributed by atoms with Crippen LogP contribution < -0.4 is 5.46 Å². The molecule has 0 aliphatic carbocycles. The summed E-state index contributed by atoms with van der Waals surface area (Å²) in [6, 6.07) is 5.56. The summed E-state index contributed by atoms with van der Waals surface area (Å²) in [4.78, 5) is 0. The third-order valence-corrected chi connectivity index (χ3v) is 3.01. The molecular weight excluding hydrogens is 290 g/mol. The number of hydrogen-bond acceptors (Lipinski definition) is 2. The smallest absolute Gasteiger partial charge is 0.423 e. The van der Waals surface area contributed by atoms with Gasteiger partial charge >= 0.3 is 7.12 Å². The molecular formula is C10H14BIO2. The molecule has 1 rings (SSSR count). The predicted octanol–water partition coefficient (Wildman–Crippen LogP) is 1.17. The normalized spacial score (nSPS) is 10.7. The predicted molar refractivity (Wildman–Crippen MR) is 67.5 cm³/mol. The molecule has 0 aliphatic heterocycles. The molecule has 0 radical (unpaired) electrons. The topological polar surface area (TPSA) is 40.5 Å². The zero-order chi connectivity index (χ0) is 10.7. The first-order chi connectivity index (χ1) is 6.50. The first kappa shape index (κ1) is 12.0. The van der Waals surface area contributed by atoms with Crippen molar-refractivity contribution in [2.75, 3.05) is 0 Å². The summed E-state index contributed by atoms with van der Waals surface area (Å²) < 4.78 is 1.10. The summed E-state index contributed by atoms with van der Waals surface area (Å²) in [5.74, 6) is 0.619. The Morgan fingerprint density at radius 2 is 2.00 bits per heavy atom. The van der Waals surface area contributed by atoms with E-state index in [1.165, 1.54) is 5.56 Å². The monoisotopic (exact) mass is 304 g/mol. The minimum absolute atomic E-state index is 0.557. The molecule has 4 heteroatoms.